The van der Waals surface area contributed by atoms with Crippen LogP contribution in [0.4, 0.5) is 0 Å². The maximum absolute atomic E-state index is 6.24. The van der Waals surface area contributed by atoms with E-state index in [0.717, 1.165) is 11.1 Å². The van der Waals surface area contributed by atoms with E-state index >= 15 is 0 Å². The molecule has 0 aliphatic heterocycles. The molecule has 0 saturated heterocycles. The van der Waals surface area contributed by atoms with Crippen molar-refractivity contribution in [2.24, 2.45) is 0 Å². The Morgan fingerprint density at radius 1 is 0.600 bits per heavy atom. The first-order valence-corrected chi connectivity index (χ1v) is 13.7. The molecular weight excluding hydrogens is 515 g/mol. The van der Waals surface area contributed by atoms with E-state index in [-0.39, 0.29) is 19.5 Å². The van der Waals surface area contributed by atoms with Gasteiger partial charge in [0.25, 0.3) is 0 Å². The minimum absolute atomic E-state index is 0. The van der Waals surface area contributed by atoms with E-state index in [2.05, 4.69) is 20.8 Å². The zero-order valence-corrected chi connectivity index (χ0v) is 22.8. The van der Waals surface area contributed by atoms with Crippen LogP contribution in [0.15, 0.2) is 60.7 Å². The summed E-state index contributed by atoms with van der Waals surface area (Å²) in [5.74, 6) is 0. The number of hydrogen-bond acceptors (Lipinski definition) is 0. The van der Waals surface area contributed by atoms with Gasteiger partial charge >= 0.3 is 0 Å². The SMILES string of the molecule is CCCCP(CCCC)CCCC.ClC(=C(Cl)c1ccccc1)c1ccccc1.[Ru]. The van der Waals surface area contributed by atoms with Crippen molar-refractivity contribution in [3.05, 3.63) is 71.8 Å². The van der Waals surface area contributed by atoms with E-state index in [1.807, 2.05) is 60.7 Å². The molecule has 0 nitrogen and oxygen atoms in total. The number of benzene rings is 2. The zero-order chi connectivity index (χ0) is 21.3. The summed E-state index contributed by atoms with van der Waals surface area (Å²) >= 11 is 12.5. The van der Waals surface area contributed by atoms with Gasteiger partial charge in [-0.05, 0) is 48.9 Å². The number of rotatable bonds is 11. The summed E-state index contributed by atoms with van der Waals surface area (Å²) in [7, 11) is 0.422. The Bertz CT molecular complexity index is 607. The minimum Gasteiger partial charge on any atom is -0.107 e. The molecule has 0 atom stereocenters. The van der Waals surface area contributed by atoms with Gasteiger partial charge in [-0.2, -0.15) is 0 Å². The molecule has 0 radical (unpaired) electrons. The standard InChI is InChI=1S/C14H10Cl2.C12H27P.Ru/c15-13(11-7-3-1-4-8-11)14(16)12-9-5-2-6-10-12;1-4-7-10-13(11-8-5-2)12-9-6-3;/h1-10H;4-12H2,1-3H3;. The monoisotopic (exact) mass is 552 g/mol. The Labute approximate surface area is 209 Å². The third kappa shape index (κ3) is 12.6. The van der Waals surface area contributed by atoms with Crippen LogP contribution in [0.3, 0.4) is 0 Å². The van der Waals surface area contributed by atoms with Crippen LogP contribution >= 0.6 is 31.1 Å². The Balaban J connectivity index is 0.000000557. The van der Waals surface area contributed by atoms with E-state index in [0.29, 0.717) is 18.0 Å². The van der Waals surface area contributed by atoms with Crippen LogP contribution in [0.2, 0.25) is 0 Å². The largest absolute Gasteiger partial charge is 0.107 e. The molecule has 0 heterocycles. The van der Waals surface area contributed by atoms with Crippen molar-refractivity contribution in [3.63, 3.8) is 0 Å². The number of hydrogen-bond donors (Lipinski definition) is 0. The molecule has 0 N–H and O–H groups in total. The molecule has 168 valence electrons. The number of halogens is 2. The maximum Gasteiger partial charge on any atom is 0.0670 e. The van der Waals surface area contributed by atoms with Crippen LogP contribution in [0, 0.1) is 0 Å². The third-order valence-corrected chi connectivity index (χ3v) is 8.49. The molecule has 0 aliphatic rings. The average molecular weight is 553 g/mol. The van der Waals surface area contributed by atoms with Gasteiger partial charge in [-0.1, -0.05) is 124 Å². The Morgan fingerprint density at radius 2 is 0.900 bits per heavy atom. The second-order valence-corrected chi connectivity index (χ2v) is 10.7. The summed E-state index contributed by atoms with van der Waals surface area (Å²) < 4.78 is 0. The fourth-order valence-electron chi connectivity index (χ4n) is 2.90. The van der Waals surface area contributed by atoms with Crippen molar-refractivity contribution in [2.75, 3.05) is 18.5 Å². The van der Waals surface area contributed by atoms with E-state index < -0.39 is 0 Å². The van der Waals surface area contributed by atoms with E-state index in [1.165, 1.54) is 38.5 Å². The molecule has 4 heteroatoms. The van der Waals surface area contributed by atoms with Gasteiger partial charge in [0, 0.05) is 19.5 Å². The molecule has 0 fully saturated rings. The van der Waals surface area contributed by atoms with Crippen molar-refractivity contribution in [3.8, 4) is 0 Å². The first-order valence-electron chi connectivity index (χ1n) is 11.0. The molecule has 2 rings (SSSR count). The van der Waals surface area contributed by atoms with E-state index in [4.69, 9.17) is 23.2 Å². The minimum atomic E-state index is 0. The molecule has 2 aromatic carbocycles. The molecule has 2 aromatic rings. The topological polar surface area (TPSA) is 0 Å². The second kappa shape index (κ2) is 19.5. The van der Waals surface area contributed by atoms with Crippen LogP contribution in [0.25, 0.3) is 10.1 Å². The van der Waals surface area contributed by atoms with Crippen LogP contribution in [-0.2, 0) is 19.5 Å². The van der Waals surface area contributed by atoms with Gasteiger partial charge in [0.1, 0.15) is 0 Å². The van der Waals surface area contributed by atoms with Crippen LogP contribution in [-0.4, -0.2) is 18.5 Å². The second-order valence-electron chi connectivity index (χ2n) is 7.26. The molecule has 0 amide bonds. The first kappa shape index (κ1) is 29.8. The molecule has 0 unspecified atom stereocenters. The van der Waals surface area contributed by atoms with Crippen LogP contribution < -0.4 is 0 Å². The number of unbranched alkanes of at least 4 members (excludes halogenated alkanes) is 3. The summed E-state index contributed by atoms with van der Waals surface area (Å²) in [5.41, 5.74) is 1.86. The quantitative estimate of drug-likeness (QED) is 0.148. The summed E-state index contributed by atoms with van der Waals surface area (Å²) in [6.07, 6.45) is 13.2. The van der Waals surface area contributed by atoms with Crippen molar-refractivity contribution in [1.29, 1.82) is 0 Å². The Hall–Kier alpha value is -0.187. The van der Waals surface area contributed by atoms with Crippen molar-refractivity contribution >= 4 is 41.2 Å². The van der Waals surface area contributed by atoms with Gasteiger partial charge < -0.3 is 0 Å². The molecule has 0 aromatic heterocycles. The van der Waals surface area contributed by atoms with Gasteiger partial charge in [0.2, 0.25) is 0 Å². The normalized spacial score (nSPS) is 11.3. The maximum atomic E-state index is 6.24. The van der Waals surface area contributed by atoms with Crippen LogP contribution in [0.1, 0.15) is 70.4 Å². The van der Waals surface area contributed by atoms with Crippen molar-refractivity contribution in [2.45, 2.75) is 59.3 Å². The van der Waals surface area contributed by atoms with E-state index in [9.17, 15) is 0 Å². The fraction of sp³-hybridized carbons (Fsp3) is 0.462. The molecule has 30 heavy (non-hydrogen) atoms. The predicted molar refractivity (Wildman–Crippen MR) is 138 cm³/mol. The van der Waals surface area contributed by atoms with Gasteiger partial charge in [-0.3, -0.25) is 0 Å². The van der Waals surface area contributed by atoms with E-state index in [1.54, 1.807) is 18.5 Å². The smallest absolute Gasteiger partial charge is 0.0670 e. The average Bonchev–Trinajstić information content (AvgIpc) is 2.79. The fourth-order valence-corrected chi connectivity index (χ4v) is 6.33. The summed E-state index contributed by atoms with van der Waals surface area (Å²) in [6, 6.07) is 19.4. The summed E-state index contributed by atoms with van der Waals surface area (Å²) in [6.45, 7) is 6.94. The van der Waals surface area contributed by atoms with Crippen LogP contribution in [0.5, 0.6) is 0 Å². The van der Waals surface area contributed by atoms with Gasteiger partial charge in [-0.15, -0.1) is 7.92 Å². The third-order valence-electron chi connectivity index (χ3n) is 4.73. The predicted octanol–water partition coefficient (Wildman–Crippen LogP) is 9.86. The molecular formula is C26H37Cl2PRu. The van der Waals surface area contributed by atoms with Crippen molar-refractivity contribution < 1.29 is 19.5 Å². The summed E-state index contributed by atoms with van der Waals surface area (Å²) in [5, 5.41) is 1.15. The zero-order valence-electron chi connectivity index (χ0n) is 18.7. The van der Waals surface area contributed by atoms with Gasteiger partial charge in [-0.25, -0.2) is 0 Å². The molecule has 0 aliphatic carbocycles. The summed E-state index contributed by atoms with van der Waals surface area (Å²) in [4.78, 5) is 0. The van der Waals surface area contributed by atoms with Crippen molar-refractivity contribution in [1.82, 2.24) is 0 Å². The molecule has 0 saturated carbocycles. The Kier molecular flexibility index (Phi) is 19.4. The van der Waals surface area contributed by atoms with Gasteiger partial charge in [0.05, 0.1) is 10.1 Å². The molecule has 0 spiro atoms. The first-order chi connectivity index (χ1) is 14.1. The molecule has 0 bridgehead atoms. The Morgan fingerprint density at radius 3 is 1.17 bits per heavy atom. The van der Waals surface area contributed by atoms with Gasteiger partial charge in [0.15, 0.2) is 0 Å².